The highest BCUT2D eigenvalue weighted by molar-refractivity contribution is 7.92. The summed E-state index contributed by atoms with van der Waals surface area (Å²) in [6.07, 6.45) is 4.82. The molecular formula is C19H26N2O6S2. The Bertz CT molecular complexity index is 1070. The van der Waals surface area contributed by atoms with Gasteiger partial charge < -0.3 is 4.90 Å². The number of carbonyl (C=O) groups excluding carboxylic acids is 2. The molecule has 10 heteroatoms. The third-order valence-corrected chi connectivity index (χ3v) is 6.81. The van der Waals surface area contributed by atoms with E-state index in [-0.39, 0.29) is 40.0 Å². The summed E-state index contributed by atoms with van der Waals surface area (Å²) in [6.45, 7) is 1.57. The van der Waals surface area contributed by atoms with Crippen LogP contribution in [-0.4, -0.2) is 66.5 Å². The molecule has 2 rings (SSSR count). The molecule has 1 aliphatic rings. The van der Waals surface area contributed by atoms with Crippen molar-refractivity contribution >= 4 is 37.1 Å². The standard InChI is InChI=1S/C19H26N2O6S2/c1-6-21(29(5,26)27)17-11-14(28(4,24)25)9-10-15(17)19(23)16(12-20(2)3)18(22)13-7-8-13/h9-13H,6-8H2,1-5H3. The number of hydrogen-bond acceptors (Lipinski definition) is 7. The van der Waals surface area contributed by atoms with Crippen LogP contribution in [0.25, 0.3) is 0 Å². The number of allylic oxidation sites excluding steroid dienone is 1. The topological polar surface area (TPSA) is 109 Å². The molecule has 0 atom stereocenters. The van der Waals surface area contributed by atoms with Gasteiger partial charge in [0.2, 0.25) is 10.0 Å². The Morgan fingerprint density at radius 2 is 1.69 bits per heavy atom. The van der Waals surface area contributed by atoms with E-state index in [2.05, 4.69) is 0 Å². The molecule has 8 nitrogen and oxygen atoms in total. The molecule has 1 fully saturated rings. The largest absolute Gasteiger partial charge is 0.383 e. The lowest BCUT2D eigenvalue weighted by molar-refractivity contribution is -0.116. The number of carbonyl (C=O) groups is 2. The van der Waals surface area contributed by atoms with Crippen LogP contribution in [0.5, 0.6) is 0 Å². The van der Waals surface area contributed by atoms with Gasteiger partial charge in [-0.25, -0.2) is 16.8 Å². The normalized spacial score (nSPS) is 15.1. The Labute approximate surface area is 172 Å². The van der Waals surface area contributed by atoms with Gasteiger partial charge in [0.25, 0.3) is 0 Å². The zero-order valence-electron chi connectivity index (χ0n) is 17.2. The second kappa shape index (κ2) is 8.27. The predicted octanol–water partition coefficient (Wildman–Crippen LogP) is 1.48. The SMILES string of the molecule is CCN(c1cc(S(C)(=O)=O)ccc1C(=O)C(=CN(C)C)C(=O)C1CC1)S(C)(=O)=O. The molecule has 29 heavy (non-hydrogen) atoms. The van der Waals surface area contributed by atoms with E-state index in [1.807, 2.05) is 0 Å². The third-order valence-electron chi connectivity index (χ3n) is 4.44. The predicted molar refractivity (Wildman–Crippen MR) is 111 cm³/mol. The lowest BCUT2D eigenvalue weighted by Crippen LogP contribution is -2.31. The molecule has 0 radical (unpaired) electrons. The van der Waals surface area contributed by atoms with Gasteiger partial charge in [-0.1, -0.05) is 0 Å². The van der Waals surface area contributed by atoms with Crippen molar-refractivity contribution in [2.75, 3.05) is 37.5 Å². The molecule has 0 unspecified atom stereocenters. The molecule has 0 aliphatic heterocycles. The lowest BCUT2D eigenvalue weighted by atomic mass is 9.97. The van der Waals surface area contributed by atoms with E-state index in [4.69, 9.17) is 0 Å². The Kier molecular flexibility index (Phi) is 6.58. The van der Waals surface area contributed by atoms with Crippen LogP contribution in [-0.2, 0) is 24.7 Å². The second-order valence-corrected chi connectivity index (χ2v) is 11.3. The van der Waals surface area contributed by atoms with Crippen molar-refractivity contribution in [3.8, 4) is 0 Å². The minimum absolute atomic E-state index is 0.00434. The number of anilines is 1. The Morgan fingerprint density at radius 1 is 1.10 bits per heavy atom. The zero-order valence-corrected chi connectivity index (χ0v) is 18.8. The van der Waals surface area contributed by atoms with Crippen LogP contribution < -0.4 is 4.31 Å². The maximum atomic E-state index is 13.3. The van der Waals surface area contributed by atoms with Crippen LogP contribution in [0.2, 0.25) is 0 Å². The number of benzene rings is 1. The van der Waals surface area contributed by atoms with E-state index in [0.717, 1.165) is 16.8 Å². The number of sulfone groups is 1. The van der Waals surface area contributed by atoms with Crippen LogP contribution in [0.1, 0.15) is 30.1 Å². The van der Waals surface area contributed by atoms with Gasteiger partial charge in [0.05, 0.1) is 22.4 Å². The first-order chi connectivity index (χ1) is 13.3. The molecule has 0 aromatic heterocycles. The minimum Gasteiger partial charge on any atom is -0.383 e. The summed E-state index contributed by atoms with van der Waals surface area (Å²) >= 11 is 0. The van der Waals surface area contributed by atoms with Crippen molar-refractivity contribution in [2.45, 2.75) is 24.7 Å². The van der Waals surface area contributed by atoms with Crippen LogP contribution in [0, 0.1) is 5.92 Å². The van der Waals surface area contributed by atoms with E-state index >= 15 is 0 Å². The fraction of sp³-hybridized carbons (Fsp3) is 0.474. The highest BCUT2D eigenvalue weighted by atomic mass is 32.2. The Balaban J connectivity index is 2.72. The van der Waals surface area contributed by atoms with Crippen molar-refractivity contribution < 1.29 is 26.4 Å². The summed E-state index contributed by atoms with van der Waals surface area (Å²) in [7, 11) is -4.07. The average molecular weight is 443 g/mol. The molecule has 1 saturated carbocycles. The number of Topliss-reactive ketones (excluding diaryl/α,β-unsaturated/α-hetero) is 2. The summed E-state index contributed by atoms with van der Waals surface area (Å²) in [5, 5.41) is 0. The van der Waals surface area contributed by atoms with Gasteiger partial charge in [0.1, 0.15) is 0 Å². The fourth-order valence-corrected chi connectivity index (χ4v) is 4.55. The van der Waals surface area contributed by atoms with Crippen LogP contribution >= 0.6 is 0 Å². The van der Waals surface area contributed by atoms with Crippen molar-refractivity contribution in [1.29, 1.82) is 0 Å². The molecule has 160 valence electrons. The first kappa shape index (κ1) is 23.1. The third kappa shape index (κ3) is 5.45. The summed E-state index contributed by atoms with van der Waals surface area (Å²) in [5.41, 5.74) is -0.140. The van der Waals surface area contributed by atoms with Gasteiger partial charge in [-0.15, -0.1) is 0 Å². The number of rotatable bonds is 9. The molecule has 0 heterocycles. The Hall–Kier alpha value is -2.20. The number of nitrogens with zero attached hydrogens (tertiary/aromatic N) is 2. The first-order valence-corrected chi connectivity index (χ1v) is 12.8. The first-order valence-electron chi connectivity index (χ1n) is 9.06. The Morgan fingerprint density at radius 3 is 2.10 bits per heavy atom. The van der Waals surface area contributed by atoms with E-state index in [1.54, 1.807) is 25.9 Å². The molecule has 1 aliphatic carbocycles. The highest BCUT2D eigenvalue weighted by Gasteiger charge is 2.36. The van der Waals surface area contributed by atoms with E-state index in [9.17, 15) is 26.4 Å². The maximum absolute atomic E-state index is 13.3. The molecule has 0 bridgehead atoms. The van der Waals surface area contributed by atoms with Crippen molar-refractivity contribution in [2.24, 2.45) is 5.92 Å². The molecule has 0 N–H and O–H groups in total. The van der Waals surface area contributed by atoms with Gasteiger partial charge in [0.15, 0.2) is 21.4 Å². The van der Waals surface area contributed by atoms with Crippen molar-refractivity contribution in [1.82, 2.24) is 4.90 Å². The van der Waals surface area contributed by atoms with E-state index < -0.39 is 25.6 Å². The van der Waals surface area contributed by atoms with Gasteiger partial charge in [-0.2, -0.15) is 0 Å². The minimum atomic E-state index is -3.79. The molecule has 1 aromatic carbocycles. The van der Waals surface area contributed by atoms with Gasteiger partial charge in [-0.05, 0) is 38.0 Å². The summed E-state index contributed by atoms with van der Waals surface area (Å²) in [5.74, 6) is -1.13. The summed E-state index contributed by atoms with van der Waals surface area (Å²) < 4.78 is 49.5. The van der Waals surface area contributed by atoms with Gasteiger partial charge in [0, 0.05) is 44.6 Å². The summed E-state index contributed by atoms with van der Waals surface area (Å²) in [4.78, 5) is 27.4. The van der Waals surface area contributed by atoms with Gasteiger partial charge >= 0.3 is 0 Å². The molecule has 0 amide bonds. The number of sulfonamides is 1. The number of hydrogen-bond donors (Lipinski definition) is 0. The maximum Gasteiger partial charge on any atom is 0.232 e. The fourth-order valence-electron chi connectivity index (χ4n) is 2.93. The van der Waals surface area contributed by atoms with Gasteiger partial charge in [-0.3, -0.25) is 13.9 Å². The summed E-state index contributed by atoms with van der Waals surface area (Å²) in [6, 6.07) is 3.69. The molecule has 0 saturated heterocycles. The van der Waals surface area contributed by atoms with Crippen LogP contribution in [0.15, 0.2) is 34.9 Å². The quantitative estimate of drug-likeness (QED) is 0.247. The van der Waals surface area contributed by atoms with E-state index in [1.165, 1.54) is 24.4 Å². The highest BCUT2D eigenvalue weighted by Crippen LogP contribution is 2.35. The lowest BCUT2D eigenvalue weighted by Gasteiger charge is -2.24. The zero-order chi connectivity index (χ0) is 22.1. The van der Waals surface area contributed by atoms with E-state index in [0.29, 0.717) is 12.8 Å². The monoisotopic (exact) mass is 442 g/mol. The average Bonchev–Trinajstić information content (AvgIpc) is 3.42. The second-order valence-electron chi connectivity index (χ2n) is 7.35. The molecule has 1 aromatic rings. The van der Waals surface area contributed by atoms with Crippen LogP contribution in [0.4, 0.5) is 5.69 Å². The molecule has 0 spiro atoms. The van der Waals surface area contributed by atoms with Crippen molar-refractivity contribution in [3.63, 3.8) is 0 Å². The number of ketones is 2. The van der Waals surface area contributed by atoms with Crippen LogP contribution in [0.3, 0.4) is 0 Å². The smallest absolute Gasteiger partial charge is 0.232 e. The van der Waals surface area contributed by atoms with Crippen molar-refractivity contribution in [3.05, 3.63) is 35.5 Å². The molecular weight excluding hydrogens is 416 g/mol.